The number of aromatic nitrogens is 2. The van der Waals surface area contributed by atoms with Crippen LogP contribution in [0.15, 0.2) is 88.6 Å². The lowest BCUT2D eigenvalue weighted by Gasteiger charge is -2.19. The van der Waals surface area contributed by atoms with Crippen LogP contribution in [-0.4, -0.2) is 36.0 Å². The number of sulfonamides is 1. The molecule has 4 rings (SSSR count). The Kier molecular flexibility index (Phi) is 7.14. The Morgan fingerprint density at radius 3 is 2.31 bits per heavy atom. The molecule has 0 radical (unpaired) electrons. The lowest BCUT2D eigenvalue weighted by molar-refractivity contribution is 0.445. The highest BCUT2D eigenvalue weighted by Crippen LogP contribution is 2.38. The van der Waals surface area contributed by atoms with Crippen molar-refractivity contribution < 1.29 is 13.2 Å². The number of hydrogen-bond donors (Lipinski definition) is 1. The molecule has 35 heavy (non-hydrogen) atoms. The zero-order valence-corrected chi connectivity index (χ0v) is 20.7. The zero-order valence-electron chi connectivity index (χ0n) is 19.9. The monoisotopic (exact) mass is 489 g/mol. The van der Waals surface area contributed by atoms with Crippen molar-refractivity contribution in [1.29, 1.82) is 0 Å². The summed E-state index contributed by atoms with van der Waals surface area (Å²) < 4.78 is 33.9. The third-order valence-electron chi connectivity index (χ3n) is 5.80. The minimum atomic E-state index is -3.68. The van der Waals surface area contributed by atoms with Gasteiger partial charge in [0, 0.05) is 29.8 Å². The Labute approximate surface area is 205 Å². The molecule has 0 spiro atoms. The van der Waals surface area contributed by atoms with Crippen molar-refractivity contribution in [3.05, 3.63) is 94.8 Å². The van der Waals surface area contributed by atoms with Gasteiger partial charge in [-0.25, -0.2) is 13.5 Å². The largest absolute Gasteiger partial charge is 0.457 e. The normalized spacial score (nSPS) is 11.5. The van der Waals surface area contributed by atoms with E-state index in [4.69, 9.17) is 4.74 Å². The predicted octanol–water partition coefficient (Wildman–Crippen LogP) is 5.24. The highest BCUT2D eigenvalue weighted by atomic mass is 32.2. The number of hydrogen-bond acceptors (Lipinski definition) is 5. The molecular weight excluding hydrogens is 462 g/mol. The van der Waals surface area contributed by atoms with Gasteiger partial charge in [-0.3, -0.25) is 4.79 Å². The van der Waals surface area contributed by atoms with Crippen LogP contribution in [0.25, 0.3) is 22.4 Å². The molecule has 0 unspecified atom stereocenters. The summed E-state index contributed by atoms with van der Waals surface area (Å²) in [6.45, 7) is 6.04. The van der Waals surface area contributed by atoms with Gasteiger partial charge in [-0.1, -0.05) is 56.3 Å². The molecule has 4 aromatic rings. The Balaban J connectivity index is 1.90. The third-order valence-corrected chi connectivity index (χ3v) is 7.85. The molecule has 0 aliphatic heterocycles. The fourth-order valence-electron chi connectivity index (χ4n) is 3.98. The summed E-state index contributed by atoms with van der Waals surface area (Å²) in [7, 11) is -3.68. The van der Waals surface area contributed by atoms with Crippen molar-refractivity contribution in [1.82, 2.24) is 14.5 Å². The van der Waals surface area contributed by atoms with Crippen LogP contribution >= 0.6 is 0 Å². The van der Waals surface area contributed by atoms with Gasteiger partial charge in [-0.2, -0.15) is 9.40 Å². The first kappa shape index (κ1) is 24.4. The zero-order chi connectivity index (χ0) is 25.0. The third kappa shape index (κ3) is 4.89. The number of nitrogens with zero attached hydrogens (tertiary/aromatic N) is 2. The Morgan fingerprint density at radius 1 is 0.914 bits per heavy atom. The van der Waals surface area contributed by atoms with E-state index < -0.39 is 10.0 Å². The SMILES string of the molecule is CCN(CC)S(=O)(=O)c1cccc(-c2c(-c3ccccc3Oc3ccccc3)n[nH]c(=O)c2C)c1. The van der Waals surface area contributed by atoms with Crippen molar-refractivity contribution in [2.45, 2.75) is 25.7 Å². The maximum absolute atomic E-state index is 13.2. The van der Waals surface area contributed by atoms with Crippen LogP contribution < -0.4 is 10.3 Å². The van der Waals surface area contributed by atoms with E-state index in [1.54, 1.807) is 45.0 Å². The van der Waals surface area contributed by atoms with Gasteiger partial charge in [-0.15, -0.1) is 0 Å². The van der Waals surface area contributed by atoms with E-state index in [-0.39, 0.29) is 10.5 Å². The number of rotatable bonds is 8. The molecule has 3 aromatic carbocycles. The van der Waals surface area contributed by atoms with Crippen LogP contribution in [-0.2, 0) is 10.0 Å². The van der Waals surface area contributed by atoms with Crippen LogP contribution in [0.2, 0.25) is 0 Å². The minimum absolute atomic E-state index is 0.165. The number of H-pyrrole nitrogens is 1. The first-order valence-electron chi connectivity index (χ1n) is 11.4. The van der Waals surface area contributed by atoms with Gasteiger partial charge < -0.3 is 4.74 Å². The fourth-order valence-corrected chi connectivity index (χ4v) is 5.48. The van der Waals surface area contributed by atoms with Crippen molar-refractivity contribution in [2.24, 2.45) is 0 Å². The Bertz CT molecular complexity index is 1490. The van der Waals surface area contributed by atoms with E-state index >= 15 is 0 Å². The van der Waals surface area contributed by atoms with Gasteiger partial charge >= 0.3 is 0 Å². The van der Waals surface area contributed by atoms with Crippen molar-refractivity contribution in [3.8, 4) is 33.9 Å². The molecule has 0 atom stereocenters. The van der Waals surface area contributed by atoms with Crippen LogP contribution in [0, 0.1) is 6.92 Å². The number of ether oxygens (including phenoxy) is 1. The lowest BCUT2D eigenvalue weighted by atomic mass is 9.96. The summed E-state index contributed by atoms with van der Waals surface area (Å²) in [6.07, 6.45) is 0. The van der Waals surface area contributed by atoms with Gasteiger partial charge in [-0.05, 0) is 48.9 Å². The quantitative estimate of drug-likeness (QED) is 0.366. The molecule has 0 amide bonds. The summed E-state index contributed by atoms with van der Waals surface area (Å²) >= 11 is 0. The van der Waals surface area contributed by atoms with Gasteiger partial charge in [0.05, 0.1) is 4.90 Å². The van der Waals surface area contributed by atoms with Crippen LogP contribution in [0.1, 0.15) is 19.4 Å². The Hall–Kier alpha value is -3.75. The van der Waals surface area contributed by atoms with E-state index in [9.17, 15) is 13.2 Å². The number of aromatic amines is 1. The molecule has 0 saturated heterocycles. The maximum atomic E-state index is 13.2. The minimum Gasteiger partial charge on any atom is -0.457 e. The standard InChI is InChI=1S/C27H27N3O4S/c1-4-30(5-2)35(32,33)22-15-11-12-20(18-22)25-19(3)27(31)29-28-26(25)23-16-9-10-17-24(23)34-21-13-7-6-8-14-21/h6-18H,4-5H2,1-3H3,(H,29,31). The molecule has 0 aliphatic carbocycles. The van der Waals surface area contributed by atoms with E-state index in [1.165, 1.54) is 4.31 Å². The lowest BCUT2D eigenvalue weighted by Crippen LogP contribution is -2.30. The van der Waals surface area contributed by atoms with E-state index in [0.29, 0.717) is 52.5 Å². The summed E-state index contributed by atoms with van der Waals surface area (Å²) in [5, 5.41) is 6.93. The molecule has 0 fully saturated rings. The molecular formula is C27H27N3O4S. The highest BCUT2D eigenvalue weighted by molar-refractivity contribution is 7.89. The molecule has 0 bridgehead atoms. The van der Waals surface area contributed by atoms with Crippen molar-refractivity contribution >= 4 is 10.0 Å². The van der Waals surface area contributed by atoms with Crippen molar-refractivity contribution in [2.75, 3.05) is 13.1 Å². The van der Waals surface area contributed by atoms with Crippen LogP contribution in [0.4, 0.5) is 0 Å². The van der Waals surface area contributed by atoms with Crippen molar-refractivity contribution in [3.63, 3.8) is 0 Å². The number of para-hydroxylation sites is 2. The average Bonchev–Trinajstić information content (AvgIpc) is 2.87. The molecule has 180 valence electrons. The fraction of sp³-hybridized carbons (Fsp3) is 0.185. The number of benzene rings is 3. The highest BCUT2D eigenvalue weighted by Gasteiger charge is 2.24. The van der Waals surface area contributed by atoms with Gasteiger partial charge in [0.1, 0.15) is 17.2 Å². The van der Waals surface area contributed by atoms with E-state index in [1.807, 2.05) is 54.6 Å². The van der Waals surface area contributed by atoms with Crippen LogP contribution in [0.5, 0.6) is 11.5 Å². The van der Waals surface area contributed by atoms with Gasteiger partial charge in [0.25, 0.3) is 5.56 Å². The van der Waals surface area contributed by atoms with E-state index in [0.717, 1.165) is 0 Å². The molecule has 1 aromatic heterocycles. The topological polar surface area (TPSA) is 92.4 Å². The smallest absolute Gasteiger partial charge is 0.267 e. The predicted molar refractivity (Wildman–Crippen MR) is 137 cm³/mol. The molecule has 0 saturated carbocycles. The molecule has 7 nitrogen and oxygen atoms in total. The van der Waals surface area contributed by atoms with Gasteiger partial charge in [0.15, 0.2) is 0 Å². The second-order valence-electron chi connectivity index (χ2n) is 7.93. The summed E-state index contributed by atoms with van der Waals surface area (Å²) in [4.78, 5) is 12.7. The second-order valence-corrected chi connectivity index (χ2v) is 9.87. The molecule has 1 N–H and O–H groups in total. The second kappa shape index (κ2) is 10.2. The molecule has 1 heterocycles. The summed E-state index contributed by atoms with van der Waals surface area (Å²) in [6, 6.07) is 23.4. The maximum Gasteiger partial charge on any atom is 0.267 e. The summed E-state index contributed by atoms with van der Waals surface area (Å²) in [5.74, 6) is 1.22. The first-order valence-corrected chi connectivity index (χ1v) is 12.8. The van der Waals surface area contributed by atoms with Crippen LogP contribution in [0.3, 0.4) is 0 Å². The number of nitrogens with one attached hydrogen (secondary N) is 1. The molecule has 0 aliphatic rings. The molecule has 8 heteroatoms. The Morgan fingerprint density at radius 2 is 1.60 bits per heavy atom. The average molecular weight is 490 g/mol. The van der Waals surface area contributed by atoms with E-state index in [2.05, 4.69) is 10.2 Å². The summed E-state index contributed by atoms with van der Waals surface area (Å²) in [5.41, 5.74) is 2.38. The van der Waals surface area contributed by atoms with Gasteiger partial charge in [0.2, 0.25) is 10.0 Å². The first-order chi connectivity index (χ1) is 16.9.